The number of ether oxygens (including phenoxy) is 2. The Morgan fingerprint density at radius 1 is 0.520 bits per heavy atom. The van der Waals surface area contributed by atoms with Crippen molar-refractivity contribution in [3.63, 3.8) is 0 Å². The van der Waals surface area contributed by atoms with Crippen LogP contribution in [0.5, 0.6) is 11.5 Å². The number of aryl methyl sites for hydroxylation is 2. The Hall–Kier alpha value is -15.0. The molecule has 0 spiro atoms. The van der Waals surface area contributed by atoms with Crippen LogP contribution in [-0.2, 0) is 62.0 Å². The molecule has 0 saturated carbocycles. The zero-order valence-electron chi connectivity index (χ0n) is 72.7. The fraction of sp³-hybridized carbons (Fsp3) is 0.260. The molecule has 0 saturated heterocycles. The number of methoxy groups -OCH3 is 2. The molecular formula is C96H97N21O8S2. The van der Waals surface area contributed by atoms with Crippen molar-refractivity contribution in [1.82, 2.24) is 54.5 Å². The predicted octanol–water partition coefficient (Wildman–Crippen LogP) is 14.3. The summed E-state index contributed by atoms with van der Waals surface area (Å²) in [4.78, 5) is 94.1. The van der Waals surface area contributed by atoms with Crippen molar-refractivity contribution in [3.05, 3.63) is 272 Å². The summed E-state index contributed by atoms with van der Waals surface area (Å²) in [5, 5.41) is 39.0. The summed E-state index contributed by atoms with van der Waals surface area (Å²) >= 11 is 3.06. The number of rotatable bonds is 19. The van der Waals surface area contributed by atoms with Gasteiger partial charge in [0, 0.05) is 69.2 Å². The van der Waals surface area contributed by atoms with Gasteiger partial charge in [0.1, 0.15) is 44.9 Å². The van der Waals surface area contributed by atoms with Crippen LogP contribution >= 0.6 is 22.7 Å². The minimum absolute atomic E-state index is 0.00383. The molecule has 6 atom stereocenters. The number of carbonyl (C=O) groups is 5. The van der Waals surface area contributed by atoms with Crippen LogP contribution in [0.1, 0.15) is 132 Å². The van der Waals surface area contributed by atoms with Crippen molar-refractivity contribution in [1.29, 1.82) is 10.5 Å². The van der Waals surface area contributed by atoms with Crippen molar-refractivity contribution >= 4 is 98.1 Å². The van der Waals surface area contributed by atoms with E-state index in [1.54, 1.807) is 70.0 Å². The minimum Gasteiger partial charge on any atom is -0.497 e. The van der Waals surface area contributed by atoms with E-state index in [9.17, 15) is 34.5 Å². The quantitative estimate of drug-likeness (QED) is 0.0584. The molecule has 8 aromatic carbocycles. The van der Waals surface area contributed by atoms with Gasteiger partial charge in [-0.3, -0.25) is 43.6 Å². The first kappa shape index (κ1) is 88.4. The van der Waals surface area contributed by atoms with Gasteiger partial charge >= 0.3 is 0 Å². The van der Waals surface area contributed by atoms with E-state index in [-0.39, 0.29) is 66.3 Å². The van der Waals surface area contributed by atoms with Gasteiger partial charge in [-0.15, -0.1) is 32.9 Å². The van der Waals surface area contributed by atoms with Gasteiger partial charge in [-0.05, 0) is 222 Å². The van der Waals surface area contributed by atoms with Gasteiger partial charge < -0.3 is 41.7 Å². The van der Waals surface area contributed by atoms with E-state index >= 15 is 0 Å². The van der Waals surface area contributed by atoms with Gasteiger partial charge in [-0.25, -0.2) is 29.3 Å². The lowest BCUT2D eigenvalue weighted by molar-refractivity contribution is -0.132. The second-order valence-electron chi connectivity index (χ2n) is 32.1. The SMILES string of the molecule is CCCN(CCC)C(=O)c1cccc(CN2C(=O)C(C)(c3cccc(-c4cccc(OC)c4)c3)N=C2N)c1.CN1C(=O)[C@@H](c2ccc3nnn(C)c3c2)[C@@](C)(c2cc(-c3cccc(C#N)c3)cs2)N=C1N.CN1C(=O)[C@H](c2ccc3nnn(C)c3c2)[C@@](C)(c2cc(-c3cccc(C#N)c3)cs2)N=C1N.COc1cccc(-c2coc([C@]3(C)CC(=O)N(C)C(N)=N3)c2)c1. The van der Waals surface area contributed by atoms with E-state index in [2.05, 4.69) is 56.6 Å². The predicted molar refractivity (Wildman–Crippen MR) is 493 cm³/mol. The highest BCUT2D eigenvalue weighted by atomic mass is 32.1. The number of carbonyl (C=O) groups excluding carboxylic acids is 5. The molecule has 0 radical (unpaired) electrons. The Kier molecular flexibility index (Phi) is 25.4. The van der Waals surface area contributed by atoms with Crippen molar-refractivity contribution in [2.45, 2.75) is 101 Å². The molecule has 0 fully saturated rings. The lowest BCUT2D eigenvalue weighted by Gasteiger charge is -2.40. The Morgan fingerprint density at radius 3 is 1.47 bits per heavy atom. The highest BCUT2D eigenvalue weighted by Crippen LogP contribution is 2.50. The molecule has 0 aliphatic carbocycles. The van der Waals surface area contributed by atoms with E-state index in [0.717, 1.165) is 123 Å². The molecule has 8 N–H and O–H groups in total. The number of hydrogen-bond acceptors (Lipinski definition) is 24. The molecule has 4 aliphatic heterocycles. The van der Waals surface area contributed by atoms with E-state index in [1.165, 1.54) is 42.3 Å². The van der Waals surface area contributed by atoms with Gasteiger partial charge in [-0.2, -0.15) is 10.5 Å². The average Bonchev–Trinajstić information content (AvgIpc) is 1.70. The van der Waals surface area contributed by atoms with E-state index < -0.39 is 34.0 Å². The molecule has 5 aromatic heterocycles. The number of likely N-dealkylation sites (N-methyl/N-ethyl adjacent to an activating group) is 2. The van der Waals surface area contributed by atoms with Crippen molar-refractivity contribution in [3.8, 4) is 68.1 Å². The number of fused-ring (bicyclic) bond motifs is 2. The number of thiophene rings is 2. The molecule has 29 nitrogen and oxygen atoms in total. The molecule has 9 heterocycles. The average molecular weight is 1740 g/mol. The van der Waals surface area contributed by atoms with Crippen LogP contribution in [0.4, 0.5) is 0 Å². The third kappa shape index (κ3) is 17.7. The lowest BCUT2D eigenvalue weighted by Crippen LogP contribution is -2.52. The molecule has 127 heavy (non-hydrogen) atoms. The van der Waals surface area contributed by atoms with Crippen LogP contribution in [0.15, 0.2) is 242 Å². The molecule has 4 aliphatic rings. The van der Waals surface area contributed by atoms with Crippen molar-refractivity contribution in [2.75, 3.05) is 48.5 Å². The first-order valence-electron chi connectivity index (χ1n) is 41.1. The summed E-state index contributed by atoms with van der Waals surface area (Å²) in [5.41, 5.74) is 36.6. The molecule has 1 unspecified atom stereocenters. The second-order valence-corrected chi connectivity index (χ2v) is 34.0. The molecule has 13 aromatic rings. The summed E-state index contributed by atoms with van der Waals surface area (Å²) in [5.74, 6) is 1.19. The molecule has 31 heteroatoms. The number of aromatic nitrogens is 6. The highest BCUT2D eigenvalue weighted by molar-refractivity contribution is 7.11. The Labute approximate surface area is 743 Å². The number of benzene rings is 8. The maximum atomic E-state index is 13.7. The van der Waals surface area contributed by atoms with E-state index in [4.69, 9.17) is 46.8 Å². The van der Waals surface area contributed by atoms with Crippen LogP contribution in [0.2, 0.25) is 0 Å². The zero-order chi connectivity index (χ0) is 90.6. The van der Waals surface area contributed by atoms with Crippen LogP contribution < -0.4 is 32.4 Å². The fourth-order valence-corrected chi connectivity index (χ4v) is 18.3. The number of aliphatic imine (C=N–C) groups is 4. The molecule has 17 rings (SSSR count). The normalized spacial score (nSPS) is 19.6. The number of furan rings is 1. The third-order valence-corrected chi connectivity index (χ3v) is 25.8. The van der Waals surface area contributed by atoms with Gasteiger partial charge in [0.05, 0.1) is 79.6 Å². The Bertz CT molecular complexity index is 6410. The standard InChI is InChI=1S/C31H36N4O3.2C24H21N7OS.C17H19N3O3/c1-5-16-34(17-6-2)28(36)25-13-7-10-22(18-25)21-35-29(37)31(3,33-30(35)32)26-14-8-11-23(19-26)24-12-9-15-27(20-24)38-4;2*1-24(20-11-17(13-33-20)15-6-4-5-14(9-15)12-25)21(22(32)30(2)23(26)27-24)16-7-8-18-19(10-16)31(3)29-28-18;1-17(9-15(21)20(2)16(18)19-17)14-8-12(10-23-14)11-5-4-6-13(7-11)22-3/h7-15,18-20H,5-6,16-17,21H2,1-4H3,(H2,32,33);2*4-11,13,21H,1-3H3,(H2,26,27);4-8,10H,9H2,1-3H3,(H2,18,19)/t;21-,24+;21-,24-;17-/m.010/s1. The first-order chi connectivity index (χ1) is 60.9. The van der Waals surface area contributed by atoms with Gasteiger partial charge in [0.25, 0.3) is 11.8 Å². The third-order valence-electron chi connectivity index (χ3n) is 23.4. The minimum atomic E-state index is -1.15. The number of hydrogen-bond donors (Lipinski definition) is 4. The van der Waals surface area contributed by atoms with Crippen LogP contribution in [0, 0.1) is 22.7 Å². The topological polar surface area (TPSA) is 396 Å². The molecule has 646 valence electrons. The van der Waals surface area contributed by atoms with Crippen LogP contribution in [-0.4, -0.2) is 156 Å². The van der Waals surface area contributed by atoms with Crippen molar-refractivity contribution in [2.24, 2.45) is 57.0 Å². The number of nitrogens with two attached hydrogens (primary N) is 4. The lowest BCUT2D eigenvalue weighted by atomic mass is 9.77. The maximum absolute atomic E-state index is 13.7. The first-order valence-corrected chi connectivity index (χ1v) is 42.8. The second kappa shape index (κ2) is 36.5. The fourth-order valence-electron chi connectivity index (χ4n) is 16.2. The zero-order valence-corrected chi connectivity index (χ0v) is 74.3. The summed E-state index contributed by atoms with van der Waals surface area (Å²) in [6.45, 7) is 13.3. The van der Waals surface area contributed by atoms with Crippen LogP contribution in [0.25, 0.3) is 66.6 Å². The molecular weight excluding hydrogens is 1640 g/mol. The van der Waals surface area contributed by atoms with Gasteiger partial charge in [-0.1, -0.05) is 115 Å². The van der Waals surface area contributed by atoms with Crippen LogP contribution in [0.3, 0.4) is 0 Å². The van der Waals surface area contributed by atoms with Crippen molar-refractivity contribution < 1.29 is 37.9 Å². The van der Waals surface area contributed by atoms with Gasteiger partial charge in [0.2, 0.25) is 17.7 Å². The smallest absolute Gasteiger partial charge is 0.261 e. The molecule has 5 amide bonds. The monoisotopic (exact) mass is 1740 g/mol. The number of amides is 5. The Balaban J connectivity index is 0.000000139. The number of nitriles is 2. The summed E-state index contributed by atoms with van der Waals surface area (Å²) in [6, 6.07) is 67.4. The maximum Gasteiger partial charge on any atom is 0.261 e. The summed E-state index contributed by atoms with van der Waals surface area (Å²) in [6.07, 6.45) is 3.68. The summed E-state index contributed by atoms with van der Waals surface area (Å²) < 4.78 is 19.7. The Morgan fingerprint density at radius 2 is 0.984 bits per heavy atom. The summed E-state index contributed by atoms with van der Waals surface area (Å²) in [7, 11) is 11.8. The number of guanidine groups is 4. The highest BCUT2D eigenvalue weighted by Gasteiger charge is 2.51. The van der Waals surface area contributed by atoms with Gasteiger partial charge in [0.15, 0.2) is 29.4 Å². The molecule has 0 bridgehead atoms. The van der Waals surface area contributed by atoms with E-state index in [0.29, 0.717) is 35.5 Å². The number of nitrogens with zero attached hydrogens (tertiary/aromatic N) is 17. The van der Waals surface area contributed by atoms with E-state index in [1.807, 2.05) is 239 Å². The largest absolute Gasteiger partial charge is 0.497 e.